The number of benzene rings is 2. The lowest BCUT2D eigenvalue weighted by atomic mass is 10.1. The Morgan fingerprint density at radius 1 is 0.938 bits per heavy atom. The summed E-state index contributed by atoms with van der Waals surface area (Å²) in [5.41, 5.74) is 4.22. The van der Waals surface area contributed by atoms with Gasteiger partial charge in [-0.1, -0.05) is 24.3 Å². The van der Waals surface area contributed by atoms with E-state index in [4.69, 9.17) is 9.72 Å². The predicted octanol–water partition coefficient (Wildman–Crippen LogP) is 3.07. The van der Waals surface area contributed by atoms with E-state index >= 15 is 0 Å². The summed E-state index contributed by atoms with van der Waals surface area (Å²) in [7, 11) is -3.51. The summed E-state index contributed by atoms with van der Waals surface area (Å²) in [6.07, 6.45) is 0. The zero-order chi connectivity index (χ0) is 22.1. The average Bonchev–Trinajstić information content (AvgIpc) is 3.24. The molecular weight excluding hydrogens is 426 g/mol. The van der Waals surface area contributed by atoms with Crippen LogP contribution in [0.3, 0.4) is 0 Å². The lowest BCUT2D eigenvalue weighted by Gasteiger charge is -2.26. The van der Waals surface area contributed by atoms with Gasteiger partial charge in [-0.2, -0.15) is 9.29 Å². The van der Waals surface area contributed by atoms with Gasteiger partial charge in [0.25, 0.3) is 0 Å². The fraction of sp³-hybridized carbons (Fsp3) is 0.304. The van der Waals surface area contributed by atoms with E-state index in [1.165, 1.54) is 15.4 Å². The first-order valence-corrected chi connectivity index (χ1v) is 12.1. The molecule has 0 unspecified atom stereocenters. The van der Waals surface area contributed by atoms with Gasteiger partial charge >= 0.3 is 0 Å². The second-order valence-electron chi connectivity index (χ2n) is 7.98. The van der Waals surface area contributed by atoms with Gasteiger partial charge in [0, 0.05) is 43.6 Å². The minimum atomic E-state index is -3.51. The molecule has 8 nitrogen and oxygen atoms in total. The van der Waals surface area contributed by atoms with E-state index in [-0.39, 0.29) is 4.90 Å². The standard InChI is InChI=1S/C23H25N5O3S/c1-17-14-22(27-15-18-4-2-3-5-19(18)16-27)26-23(24-17)25-20-6-8-21(9-7-20)32(29,30)28-10-12-31-13-11-28/h2-9,14H,10-13,15-16H2,1H3,(H,24,25,26). The summed E-state index contributed by atoms with van der Waals surface area (Å²) in [5.74, 6) is 1.35. The molecular formula is C23H25N5O3S. The number of nitrogens with one attached hydrogen (secondary N) is 1. The van der Waals surface area contributed by atoms with Gasteiger partial charge in [0.05, 0.1) is 18.1 Å². The molecule has 0 bridgehead atoms. The predicted molar refractivity (Wildman–Crippen MR) is 122 cm³/mol. The molecule has 32 heavy (non-hydrogen) atoms. The monoisotopic (exact) mass is 451 g/mol. The van der Waals surface area contributed by atoms with Crippen LogP contribution in [0.25, 0.3) is 0 Å². The van der Waals surface area contributed by atoms with Crippen molar-refractivity contribution >= 4 is 27.5 Å². The number of aryl methyl sites for hydroxylation is 1. The first-order chi connectivity index (χ1) is 15.5. The number of hydrogen-bond donors (Lipinski definition) is 1. The van der Waals surface area contributed by atoms with E-state index in [0.717, 1.165) is 30.3 Å². The maximum absolute atomic E-state index is 12.8. The Morgan fingerprint density at radius 3 is 2.25 bits per heavy atom. The van der Waals surface area contributed by atoms with Crippen LogP contribution in [0.5, 0.6) is 0 Å². The van der Waals surface area contributed by atoms with Crippen molar-refractivity contribution in [3.63, 3.8) is 0 Å². The van der Waals surface area contributed by atoms with Gasteiger partial charge in [-0.25, -0.2) is 13.4 Å². The molecule has 1 fully saturated rings. The van der Waals surface area contributed by atoms with E-state index in [2.05, 4.69) is 39.5 Å². The number of hydrogen-bond acceptors (Lipinski definition) is 7. The highest BCUT2D eigenvalue weighted by molar-refractivity contribution is 7.89. The van der Waals surface area contributed by atoms with Crippen LogP contribution in [0, 0.1) is 6.92 Å². The van der Waals surface area contributed by atoms with Crippen molar-refractivity contribution in [1.82, 2.24) is 14.3 Å². The molecule has 5 rings (SSSR count). The number of sulfonamides is 1. The Kier molecular flexibility index (Phi) is 5.54. The van der Waals surface area contributed by atoms with Gasteiger partial charge in [0.1, 0.15) is 5.82 Å². The van der Waals surface area contributed by atoms with Crippen molar-refractivity contribution in [2.75, 3.05) is 36.5 Å². The van der Waals surface area contributed by atoms with Gasteiger partial charge in [0.15, 0.2) is 0 Å². The Morgan fingerprint density at radius 2 is 1.59 bits per heavy atom. The fourth-order valence-corrected chi connectivity index (χ4v) is 5.45. The molecule has 0 amide bonds. The Labute approximate surface area is 187 Å². The van der Waals surface area contributed by atoms with Gasteiger partial charge < -0.3 is 15.0 Å². The molecule has 1 N–H and O–H groups in total. The van der Waals surface area contributed by atoms with Crippen molar-refractivity contribution in [2.45, 2.75) is 24.9 Å². The van der Waals surface area contributed by atoms with Gasteiger partial charge in [0.2, 0.25) is 16.0 Å². The van der Waals surface area contributed by atoms with Crippen LogP contribution < -0.4 is 10.2 Å². The number of fused-ring (bicyclic) bond motifs is 1. The van der Waals surface area contributed by atoms with Crippen molar-refractivity contribution in [1.29, 1.82) is 0 Å². The van der Waals surface area contributed by atoms with E-state index in [1.807, 2.05) is 13.0 Å². The van der Waals surface area contributed by atoms with Crippen molar-refractivity contribution in [3.8, 4) is 0 Å². The zero-order valence-electron chi connectivity index (χ0n) is 17.9. The number of aromatic nitrogens is 2. The minimum absolute atomic E-state index is 0.269. The molecule has 0 saturated carbocycles. The molecule has 0 radical (unpaired) electrons. The lowest BCUT2D eigenvalue weighted by Crippen LogP contribution is -2.40. The number of morpholine rings is 1. The molecule has 0 aliphatic carbocycles. The van der Waals surface area contributed by atoms with Gasteiger partial charge in [-0.3, -0.25) is 0 Å². The summed E-state index contributed by atoms with van der Waals surface area (Å²) in [4.78, 5) is 11.7. The molecule has 1 aromatic heterocycles. The third-order valence-electron chi connectivity index (χ3n) is 5.72. The summed E-state index contributed by atoms with van der Waals surface area (Å²) in [6.45, 7) is 5.19. The third kappa shape index (κ3) is 4.19. The number of anilines is 3. The average molecular weight is 452 g/mol. The van der Waals surface area contributed by atoms with E-state index < -0.39 is 10.0 Å². The zero-order valence-corrected chi connectivity index (χ0v) is 18.7. The van der Waals surface area contributed by atoms with E-state index in [9.17, 15) is 8.42 Å². The van der Waals surface area contributed by atoms with Crippen LogP contribution in [0.15, 0.2) is 59.5 Å². The lowest BCUT2D eigenvalue weighted by molar-refractivity contribution is 0.0730. The molecule has 1 saturated heterocycles. The Bertz CT molecular complexity index is 1200. The first kappa shape index (κ1) is 20.9. The molecule has 0 atom stereocenters. The molecule has 3 aromatic rings. The van der Waals surface area contributed by atoms with Crippen LogP contribution in [0.4, 0.5) is 17.5 Å². The quantitative estimate of drug-likeness (QED) is 0.638. The molecule has 2 aromatic carbocycles. The molecule has 3 heterocycles. The molecule has 2 aliphatic rings. The molecule has 2 aliphatic heterocycles. The molecule has 0 spiro atoms. The number of ether oxygens (including phenoxy) is 1. The van der Waals surface area contributed by atoms with Crippen LogP contribution in [0.1, 0.15) is 16.8 Å². The van der Waals surface area contributed by atoms with Crippen LogP contribution >= 0.6 is 0 Å². The van der Waals surface area contributed by atoms with Crippen molar-refractivity contribution < 1.29 is 13.2 Å². The second-order valence-corrected chi connectivity index (χ2v) is 9.92. The maximum Gasteiger partial charge on any atom is 0.243 e. The Hall–Kier alpha value is -3.01. The van der Waals surface area contributed by atoms with Crippen molar-refractivity contribution in [2.24, 2.45) is 0 Å². The highest BCUT2D eigenvalue weighted by atomic mass is 32.2. The van der Waals surface area contributed by atoms with E-state index in [0.29, 0.717) is 32.3 Å². The van der Waals surface area contributed by atoms with Gasteiger partial charge in [-0.15, -0.1) is 0 Å². The largest absolute Gasteiger partial charge is 0.379 e. The normalized spacial score (nSPS) is 16.7. The van der Waals surface area contributed by atoms with E-state index in [1.54, 1.807) is 24.3 Å². The maximum atomic E-state index is 12.8. The fourth-order valence-electron chi connectivity index (χ4n) is 4.04. The highest BCUT2D eigenvalue weighted by Gasteiger charge is 2.26. The summed E-state index contributed by atoms with van der Waals surface area (Å²) < 4.78 is 32.3. The van der Waals surface area contributed by atoms with Crippen molar-refractivity contribution in [3.05, 3.63) is 71.4 Å². The topological polar surface area (TPSA) is 87.7 Å². The summed E-state index contributed by atoms with van der Waals surface area (Å²) >= 11 is 0. The molecule has 9 heteroatoms. The van der Waals surface area contributed by atoms with Gasteiger partial charge in [-0.05, 0) is 42.3 Å². The number of nitrogens with zero attached hydrogens (tertiary/aromatic N) is 4. The summed E-state index contributed by atoms with van der Waals surface area (Å²) in [5, 5.41) is 3.21. The second kappa shape index (κ2) is 8.50. The van der Waals surface area contributed by atoms with Crippen LogP contribution in [0.2, 0.25) is 0 Å². The first-order valence-electron chi connectivity index (χ1n) is 10.6. The third-order valence-corrected chi connectivity index (χ3v) is 7.64. The van der Waals surface area contributed by atoms with Crippen LogP contribution in [-0.2, 0) is 27.8 Å². The molecule has 166 valence electrons. The Balaban J connectivity index is 1.32. The smallest absolute Gasteiger partial charge is 0.243 e. The summed E-state index contributed by atoms with van der Waals surface area (Å²) in [6, 6.07) is 17.1. The highest BCUT2D eigenvalue weighted by Crippen LogP contribution is 2.28. The SMILES string of the molecule is Cc1cc(N2Cc3ccccc3C2)nc(Nc2ccc(S(=O)(=O)N3CCOCC3)cc2)n1. The number of rotatable bonds is 5. The minimum Gasteiger partial charge on any atom is -0.379 e. The van der Waals surface area contributed by atoms with Crippen LogP contribution in [-0.4, -0.2) is 49.0 Å².